The summed E-state index contributed by atoms with van der Waals surface area (Å²) >= 11 is 0. The highest BCUT2D eigenvalue weighted by Crippen LogP contribution is 2.27. The van der Waals surface area contributed by atoms with Crippen LogP contribution in [0.5, 0.6) is 0 Å². The van der Waals surface area contributed by atoms with Crippen LogP contribution in [0.4, 0.5) is 0 Å². The zero-order chi connectivity index (χ0) is 12.5. The van der Waals surface area contributed by atoms with E-state index < -0.39 is 45.1 Å². The standard InChI is InChI=1S/C6H13O9P/c7-3-2(1-14-16(11,12)13)15-6(10)5(9)4(3)8/h2-10H,1H2,(H2,11,12,13)/p-2/t2-,3+,4+,5-,6-/m1/s1. The molecule has 0 spiro atoms. The highest BCUT2D eigenvalue weighted by molar-refractivity contribution is 7.43. The molecule has 0 aliphatic carbocycles. The zero-order valence-electron chi connectivity index (χ0n) is 7.87. The number of rotatable bonds is 3. The molecule has 5 atom stereocenters. The van der Waals surface area contributed by atoms with Crippen molar-refractivity contribution in [2.75, 3.05) is 6.61 Å². The van der Waals surface area contributed by atoms with E-state index in [4.69, 9.17) is 10.2 Å². The number of aliphatic hydroxyl groups is 4. The van der Waals surface area contributed by atoms with E-state index in [1.807, 2.05) is 0 Å². The van der Waals surface area contributed by atoms with Crippen molar-refractivity contribution in [3.8, 4) is 0 Å². The molecule has 0 aromatic heterocycles. The molecule has 0 saturated carbocycles. The summed E-state index contributed by atoms with van der Waals surface area (Å²) in [5, 5.41) is 36.6. The molecular formula is C6H11O9P-2. The van der Waals surface area contributed by atoms with Gasteiger partial charge in [-0.2, -0.15) is 0 Å². The monoisotopic (exact) mass is 258 g/mol. The maximum absolute atomic E-state index is 10.1. The maximum atomic E-state index is 10.1. The number of phosphoric ester groups is 1. The van der Waals surface area contributed by atoms with Gasteiger partial charge in [0.25, 0.3) is 0 Å². The van der Waals surface area contributed by atoms with Gasteiger partial charge in [0.2, 0.25) is 0 Å². The van der Waals surface area contributed by atoms with Crippen molar-refractivity contribution in [3.63, 3.8) is 0 Å². The molecule has 9 nitrogen and oxygen atoms in total. The summed E-state index contributed by atoms with van der Waals surface area (Å²) in [4.78, 5) is 20.3. The molecule has 1 rings (SSSR count). The molecule has 1 aliphatic heterocycles. The first kappa shape index (κ1) is 14.0. The fourth-order valence-electron chi connectivity index (χ4n) is 1.23. The quantitative estimate of drug-likeness (QED) is 0.366. The van der Waals surface area contributed by atoms with Gasteiger partial charge >= 0.3 is 0 Å². The number of aliphatic hydroxyl groups excluding tert-OH is 4. The third kappa shape index (κ3) is 3.45. The number of hydrogen-bond acceptors (Lipinski definition) is 9. The van der Waals surface area contributed by atoms with Crippen LogP contribution in [0.15, 0.2) is 0 Å². The fraction of sp³-hybridized carbons (Fsp3) is 1.00. The van der Waals surface area contributed by atoms with Crippen LogP contribution in [0.2, 0.25) is 0 Å². The molecule has 0 aromatic rings. The minimum Gasteiger partial charge on any atom is -0.790 e. The van der Waals surface area contributed by atoms with E-state index in [0.717, 1.165) is 0 Å². The lowest BCUT2D eigenvalue weighted by molar-refractivity contribution is -0.347. The predicted octanol–water partition coefficient (Wildman–Crippen LogP) is -4.37. The first-order valence-electron chi connectivity index (χ1n) is 4.26. The average Bonchev–Trinajstić information content (AvgIpc) is 2.17. The molecule has 0 bridgehead atoms. The third-order valence-corrected chi connectivity index (χ3v) is 2.55. The van der Waals surface area contributed by atoms with Crippen LogP contribution in [0, 0.1) is 0 Å². The molecule has 1 fully saturated rings. The Morgan fingerprint density at radius 1 is 1.12 bits per heavy atom. The highest BCUT2D eigenvalue weighted by atomic mass is 31.2. The van der Waals surface area contributed by atoms with Crippen molar-refractivity contribution in [1.29, 1.82) is 0 Å². The molecule has 96 valence electrons. The maximum Gasteiger partial charge on any atom is 0.184 e. The second-order valence-corrected chi connectivity index (χ2v) is 4.43. The van der Waals surface area contributed by atoms with Gasteiger partial charge in [0.1, 0.15) is 24.4 Å². The van der Waals surface area contributed by atoms with Crippen LogP contribution in [0.3, 0.4) is 0 Å². The topological polar surface area (TPSA) is 163 Å². The van der Waals surface area contributed by atoms with Crippen molar-refractivity contribution >= 4 is 7.82 Å². The summed E-state index contributed by atoms with van der Waals surface area (Å²) in [7, 11) is -5.23. The smallest absolute Gasteiger partial charge is 0.184 e. The van der Waals surface area contributed by atoms with E-state index >= 15 is 0 Å². The molecule has 1 heterocycles. The Labute approximate surface area is 90.1 Å². The summed E-state index contributed by atoms with van der Waals surface area (Å²) in [5.74, 6) is 0. The van der Waals surface area contributed by atoms with Crippen molar-refractivity contribution in [2.45, 2.75) is 30.7 Å². The second kappa shape index (κ2) is 5.05. The van der Waals surface area contributed by atoms with Crippen LogP contribution in [-0.4, -0.2) is 57.7 Å². The Morgan fingerprint density at radius 3 is 2.19 bits per heavy atom. The number of ether oxygens (including phenoxy) is 1. The van der Waals surface area contributed by atoms with Gasteiger partial charge in [-0.3, -0.25) is 0 Å². The predicted molar refractivity (Wildman–Crippen MR) is 42.5 cm³/mol. The van der Waals surface area contributed by atoms with E-state index in [1.165, 1.54) is 0 Å². The largest absolute Gasteiger partial charge is 0.790 e. The minimum atomic E-state index is -5.23. The van der Waals surface area contributed by atoms with Gasteiger partial charge < -0.3 is 44.0 Å². The molecule has 1 aliphatic rings. The SMILES string of the molecule is O=P([O-])([O-])OC[C@H]1O[C@@H](O)[C@H](O)[C@@H](O)[C@H]1O. The number of phosphoric acid groups is 1. The highest BCUT2D eigenvalue weighted by Gasteiger charge is 2.43. The van der Waals surface area contributed by atoms with Gasteiger partial charge in [0.15, 0.2) is 6.29 Å². The Balaban J connectivity index is 2.57. The van der Waals surface area contributed by atoms with Gasteiger partial charge in [-0.05, 0) is 0 Å². The number of hydrogen-bond donors (Lipinski definition) is 4. The van der Waals surface area contributed by atoms with E-state index in [9.17, 15) is 24.6 Å². The Morgan fingerprint density at radius 2 is 1.69 bits per heavy atom. The van der Waals surface area contributed by atoms with E-state index in [2.05, 4.69) is 9.26 Å². The van der Waals surface area contributed by atoms with Crippen LogP contribution < -0.4 is 9.79 Å². The normalized spacial score (nSPS) is 41.0. The molecule has 0 radical (unpaired) electrons. The molecule has 4 N–H and O–H groups in total. The molecule has 0 unspecified atom stereocenters. The minimum absolute atomic E-state index is 0.855. The van der Waals surface area contributed by atoms with E-state index in [0.29, 0.717) is 0 Å². The van der Waals surface area contributed by atoms with Crippen LogP contribution in [0.1, 0.15) is 0 Å². The third-order valence-electron chi connectivity index (χ3n) is 2.08. The lowest BCUT2D eigenvalue weighted by Crippen LogP contribution is -2.58. The first-order valence-corrected chi connectivity index (χ1v) is 5.73. The second-order valence-electron chi connectivity index (χ2n) is 3.28. The lowest BCUT2D eigenvalue weighted by atomic mass is 10.00. The summed E-state index contributed by atoms with van der Waals surface area (Å²) in [6, 6.07) is 0. The lowest BCUT2D eigenvalue weighted by Gasteiger charge is -2.39. The van der Waals surface area contributed by atoms with Crippen LogP contribution in [0.25, 0.3) is 0 Å². The van der Waals surface area contributed by atoms with E-state index in [-0.39, 0.29) is 0 Å². The summed E-state index contributed by atoms with van der Waals surface area (Å²) in [5.41, 5.74) is 0. The Bertz CT molecular complexity index is 277. The molecule has 0 amide bonds. The molecule has 0 aromatic carbocycles. The summed E-state index contributed by atoms with van der Waals surface area (Å²) < 4.78 is 18.5. The fourth-order valence-corrected chi connectivity index (χ4v) is 1.56. The zero-order valence-corrected chi connectivity index (χ0v) is 8.77. The molecular weight excluding hydrogens is 247 g/mol. The van der Waals surface area contributed by atoms with Gasteiger partial charge in [-0.1, -0.05) is 0 Å². The molecule has 1 saturated heterocycles. The first-order chi connectivity index (χ1) is 7.22. The van der Waals surface area contributed by atoms with Crippen molar-refractivity contribution < 1.29 is 44.0 Å². The van der Waals surface area contributed by atoms with Crippen molar-refractivity contribution in [3.05, 3.63) is 0 Å². The van der Waals surface area contributed by atoms with E-state index in [1.54, 1.807) is 0 Å². The average molecular weight is 258 g/mol. The summed E-state index contributed by atoms with van der Waals surface area (Å²) in [6.45, 7) is -0.855. The Hall–Kier alpha value is -0.0900. The van der Waals surface area contributed by atoms with Crippen molar-refractivity contribution in [2.24, 2.45) is 0 Å². The van der Waals surface area contributed by atoms with Gasteiger partial charge in [0.05, 0.1) is 14.4 Å². The molecule has 16 heavy (non-hydrogen) atoms. The van der Waals surface area contributed by atoms with Gasteiger partial charge in [-0.25, -0.2) is 0 Å². The van der Waals surface area contributed by atoms with Crippen LogP contribution in [-0.2, 0) is 13.8 Å². The van der Waals surface area contributed by atoms with Crippen molar-refractivity contribution in [1.82, 2.24) is 0 Å². The summed E-state index contributed by atoms with van der Waals surface area (Å²) in [6.07, 6.45) is -8.35. The van der Waals surface area contributed by atoms with Gasteiger partial charge in [0, 0.05) is 0 Å². The van der Waals surface area contributed by atoms with Crippen LogP contribution >= 0.6 is 7.82 Å². The Kier molecular flexibility index (Phi) is 4.41. The van der Waals surface area contributed by atoms with Gasteiger partial charge in [-0.15, -0.1) is 0 Å². The molecule has 10 heteroatoms.